The summed E-state index contributed by atoms with van der Waals surface area (Å²) in [5, 5.41) is 14.1. The first-order valence-corrected chi connectivity index (χ1v) is 7.70. The fourth-order valence-corrected chi connectivity index (χ4v) is 3.47. The van der Waals surface area contributed by atoms with Gasteiger partial charge in [-0.3, -0.25) is 4.79 Å². The van der Waals surface area contributed by atoms with E-state index in [1.807, 2.05) is 17.7 Å². The molecule has 0 aliphatic carbocycles. The number of hydrogen-bond donors (Lipinski definition) is 2. The highest BCUT2D eigenvalue weighted by molar-refractivity contribution is 6.07. The Morgan fingerprint density at radius 2 is 2.35 bits per heavy atom. The number of nitrogens with one attached hydrogen (secondary N) is 1. The molecule has 0 saturated carbocycles. The number of hydrogen-bond acceptors (Lipinski definition) is 6. The molecule has 2 aromatic heterocycles. The molecule has 2 aliphatic heterocycles. The smallest absolute Gasteiger partial charge is 0.271 e. The van der Waals surface area contributed by atoms with Crippen LogP contribution in [0.5, 0.6) is 0 Å². The average molecular weight is 314 g/mol. The highest BCUT2D eigenvalue weighted by atomic mass is 16.5. The fourth-order valence-electron chi connectivity index (χ4n) is 3.47. The van der Waals surface area contributed by atoms with Gasteiger partial charge in [0.2, 0.25) is 0 Å². The molecule has 3 atom stereocenters. The number of aliphatic imine (C=N–C) groups is 1. The monoisotopic (exact) mass is 314 g/mol. The van der Waals surface area contributed by atoms with Crippen LogP contribution in [-0.2, 0) is 4.74 Å². The van der Waals surface area contributed by atoms with Crippen molar-refractivity contribution in [1.29, 1.82) is 0 Å². The van der Waals surface area contributed by atoms with Crippen molar-refractivity contribution in [3.8, 4) is 0 Å². The third kappa shape index (κ3) is 2.15. The number of nitrogens with zero attached hydrogens (tertiary/aromatic N) is 3. The fraction of sp³-hybridized carbons (Fsp3) is 0.438. The molecule has 2 aliphatic rings. The lowest BCUT2D eigenvalue weighted by Gasteiger charge is -2.19. The van der Waals surface area contributed by atoms with Gasteiger partial charge in [-0.25, -0.2) is 4.99 Å². The van der Waals surface area contributed by atoms with Crippen molar-refractivity contribution in [1.82, 2.24) is 9.55 Å². The zero-order valence-corrected chi connectivity index (χ0v) is 13.0. The van der Waals surface area contributed by atoms with Crippen LogP contribution in [-0.4, -0.2) is 33.7 Å². The predicted octanol–water partition coefficient (Wildman–Crippen LogP) is 1.71. The van der Waals surface area contributed by atoms with Crippen molar-refractivity contribution in [2.75, 3.05) is 11.9 Å². The Balaban J connectivity index is 1.96. The summed E-state index contributed by atoms with van der Waals surface area (Å²) in [4.78, 5) is 20.4. The molecule has 1 fully saturated rings. The highest BCUT2D eigenvalue weighted by Gasteiger charge is 2.35. The number of aliphatic hydroxyl groups is 1. The van der Waals surface area contributed by atoms with Crippen LogP contribution in [0.3, 0.4) is 0 Å². The van der Waals surface area contributed by atoms with Crippen LogP contribution < -0.4 is 10.9 Å². The highest BCUT2D eigenvalue weighted by Crippen LogP contribution is 2.42. The van der Waals surface area contributed by atoms with Crippen molar-refractivity contribution in [2.24, 2.45) is 10.9 Å². The third-order valence-electron chi connectivity index (χ3n) is 4.55. The lowest BCUT2D eigenvalue weighted by molar-refractivity contribution is -0.0299. The Morgan fingerprint density at radius 3 is 3.09 bits per heavy atom. The largest absolute Gasteiger partial charge is 0.394 e. The molecule has 0 amide bonds. The standard InChI is InChI=1S/C16H18N4O3/c1-8-4-12(22)19-14-13-11(8)5-20(15(13)18-7-17-14)16-9(2)3-10(6-21)23-16/h4-5,7,9-10,16,21H,3,6H2,1-2H3,(H,17,18,19,22)/t9-,10-,16?/m0/s1. The molecular formula is C16H18N4O3. The van der Waals surface area contributed by atoms with Crippen molar-refractivity contribution >= 4 is 28.7 Å². The van der Waals surface area contributed by atoms with E-state index in [1.165, 1.54) is 6.07 Å². The molecule has 2 N–H and O–H groups in total. The Labute approximate surface area is 132 Å². The van der Waals surface area contributed by atoms with Crippen LogP contribution in [0.2, 0.25) is 0 Å². The van der Waals surface area contributed by atoms with E-state index >= 15 is 0 Å². The van der Waals surface area contributed by atoms with Crippen LogP contribution in [0.4, 0.5) is 11.6 Å². The van der Waals surface area contributed by atoms with Crippen LogP contribution in [0.25, 0.3) is 10.8 Å². The predicted molar refractivity (Wildman–Crippen MR) is 87.3 cm³/mol. The summed E-state index contributed by atoms with van der Waals surface area (Å²) in [6.45, 7) is 4.01. The Kier molecular flexibility index (Phi) is 3.21. The normalized spacial score (nSPS) is 25.8. The van der Waals surface area contributed by atoms with E-state index in [-0.39, 0.29) is 30.4 Å². The molecule has 1 saturated heterocycles. The molecule has 7 heteroatoms. The first kappa shape index (κ1) is 14.3. The zero-order chi connectivity index (χ0) is 16.1. The Morgan fingerprint density at radius 1 is 1.52 bits per heavy atom. The molecule has 4 rings (SSSR count). The van der Waals surface area contributed by atoms with Gasteiger partial charge in [0.1, 0.15) is 17.9 Å². The second-order valence-electron chi connectivity index (χ2n) is 6.22. The quantitative estimate of drug-likeness (QED) is 0.881. The Hall–Kier alpha value is -2.25. The van der Waals surface area contributed by atoms with Crippen LogP contribution in [0.1, 0.15) is 25.1 Å². The van der Waals surface area contributed by atoms with E-state index in [0.29, 0.717) is 5.82 Å². The van der Waals surface area contributed by atoms with E-state index in [1.54, 1.807) is 6.34 Å². The van der Waals surface area contributed by atoms with Gasteiger partial charge in [-0.2, -0.15) is 4.98 Å². The van der Waals surface area contributed by atoms with Gasteiger partial charge in [-0.05, 0) is 18.9 Å². The summed E-state index contributed by atoms with van der Waals surface area (Å²) in [6.07, 6.45) is 3.98. The van der Waals surface area contributed by atoms with Crippen molar-refractivity contribution in [3.05, 3.63) is 28.2 Å². The number of aliphatic hydroxyl groups excluding tert-OH is 1. The average Bonchev–Trinajstić information content (AvgIpc) is 3.04. The first-order chi connectivity index (χ1) is 11.1. The summed E-state index contributed by atoms with van der Waals surface area (Å²) in [5.41, 5.74) is 0.576. The van der Waals surface area contributed by atoms with Gasteiger partial charge in [0.15, 0.2) is 0 Å². The van der Waals surface area contributed by atoms with Gasteiger partial charge < -0.3 is 19.7 Å². The van der Waals surface area contributed by atoms with E-state index in [9.17, 15) is 9.90 Å². The lowest BCUT2D eigenvalue weighted by Crippen LogP contribution is -2.15. The molecule has 0 radical (unpaired) electrons. The van der Waals surface area contributed by atoms with E-state index < -0.39 is 0 Å². The van der Waals surface area contributed by atoms with Crippen LogP contribution in [0.15, 0.2) is 22.1 Å². The number of rotatable bonds is 2. The molecule has 0 spiro atoms. The third-order valence-corrected chi connectivity index (χ3v) is 4.55. The molecule has 0 bridgehead atoms. The van der Waals surface area contributed by atoms with Gasteiger partial charge in [0.05, 0.1) is 24.4 Å². The van der Waals surface area contributed by atoms with E-state index in [2.05, 4.69) is 22.2 Å². The second-order valence-corrected chi connectivity index (χ2v) is 6.22. The van der Waals surface area contributed by atoms with Crippen molar-refractivity contribution in [2.45, 2.75) is 32.6 Å². The molecule has 23 heavy (non-hydrogen) atoms. The molecule has 2 aromatic rings. The minimum Gasteiger partial charge on any atom is -0.394 e. The maximum Gasteiger partial charge on any atom is 0.271 e. The number of anilines is 1. The minimum absolute atomic E-state index is 0.0160. The summed E-state index contributed by atoms with van der Waals surface area (Å²) in [6, 6.07) is 1.53. The summed E-state index contributed by atoms with van der Waals surface area (Å²) in [5.74, 6) is 1.51. The molecule has 1 unspecified atom stereocenters. The van der Waals surface area contributed by atoms with Gasteiger partial charge in [-0.15, -0.1) is 0 Å². The number of ether oxygens (including phenoxy) is 1. The van der Waals surface area contributed by atoms with E-state index in [4.69, 9.17) is 4.74 Å². The van der Waals surface area contributed by atoms with Crippen LogP contribution in [0, 0.1) is 12.8 Å². The van der Waals surface area contributed by atoms with Crippen LogP contribution >= 0.6 is 0 Å². The van der Waals surface area contributed by atoms with Gasteiger partial charge in [-0.1, -0.05) is 6.92 Å². The topological polar surface area (TPSA) is 88.7 Å². The maximum absolute atomic E-state index is 11.8. The minimum atomic E-state index is -0.278. The van der Waals surface area contributed by atoms with Gasteiger partial charge >= 0.3 is 0 Å². The number of aromatic nitrogens is 2. The molecule has 4 heterocycles. The molecule has 7 nitrogen and oxygen atoms in total. The zero-order valence-electron chi connectivity index (χ0n) is 13.0. The SMILES string of the molecule is Cc1cc(=O)nc2c3c(n(C4O[C@H](CO)C[C@@H]4C)cc13)N=CN2. The molecular weight excluding hydrogens is 296 g/mol. The van der Waals surface area contributed by atoms with Crippen molar-refractivity contribution < 1.29 is 9.84 Å². The summed E-state index contributed by atoms with van der Waals surface area (Å²) >= 11 is 0. The lowest BCUT2D eigenvalue weighted by atomic mass is 10.1. The maximum atomic E-state index is 11.8. The second kappa shape index (κ2) is 5.14. The molecule has 120 valence electrons. The Bertz CT molecular complexity index is 874. The summed E-state index contributed by atoms with van der Waals surface area (Å²) < 4.78 is 7.96. The molecule has 0 aromatic carbocycles. The summed E-state index contributed by atoms with van der Waals surface area (Å²) in [7, 11) is 0. The van der Waals surface area contributed by atoms with Gasteiger partial charge in [0, 0.05) is 23.6 Å². The van der Waals surface area contributed by atoms with Gasteiger partial charge in [0.25, 0.3) is 5.56 Å². The van der Waals surface area contributed by atoms with Crippen molar-refractivity contribution in [3.63, 3.8) is 0 Å². The number of aryl methyl sites for hydroxylation is 1. The van der Waals surface area contributed by atoms with E-state index in [0.717, 1.165) is 28.6 Å². The first-order valence-electron chi connectivity index (χ1n) is 7.70.